The van der Waals surface area contributed by atoms with Gasteiger partial charge in [0.25, 0.3) is 0 Å². The van der Waals surface area contributed by atoms with Crippen molar-refractivity contribution in [2.45, 2.75) is 65.2 Å². The average molecular weight is 418 g/mol. The van der Waals surface area contributed by atoms with Crippen LogP contribution in [0.4, 0.5) is 0 Å². The second kappa shape index (κ2) is 14.1. The summed E-state index contributed by atoms with van der Waals surface area (Å²) < 4.78 is 11.7. The highest BCUT2D eigenvalue weighted by atomic mass is 35.5. The first-order chi connectivity index (χ1) is 13.0. The lowest BCUT2D eigenvalue weighted by Crippen LogP contribution is -2.39. The van der Waals surface area contributed by atoms with Crippen molar-refractivity contribution in [3.05, 3.63) is 11.6 Å². The highest BCUT2D eigenvalue weighted by Crippen LogP contribution is 2.29. The van der Waals surface area contributed by atoms with Crippen LogP contribution in [-0.4, -0.2) is 39.6 Å². The van der Waals surface area contributed by atoms with Crippen molar-refractivity contribution in [1.82, 2.24) is 0 Å². The van der Waals surface area contributed by atoms with Gasteiger partial charge in [0.2, 0.25) is 0 Å². The number of carbonyl (C=O) groups excluding carboxylic acids is 2. The van der Waals surface area contributed by atoms with Gasteiger partial charge in [-0.2, -0.15) is 0 Å². The number of nitrogens with zero attached hydrogens (tertiary/aromatic N) is 1. The van der Waals surface area contributed by atoms with Gasteiger partial charge in [0.05, 0.1) is 5.71 Å². The van der Waals surface area contributed by atoms with Crippen molar-refractivity contribution >= 4 is 39.7 Å². The Hall–Kier alpha value is -1.01. The molecule has 1 unspecified atom stereocenters. The number of unbranched alkanes of at least 4 members (excludes halogenated alkanes) is 1. The summed E-state index contributed by atoms with van der Waals surface area (Å²) in [5.41, 5.74) is 1.87. The van der Waals surface area contributed by atoms with E-state index in [9.17, 15) is 13.8 Å². The Kier molecular flexibility index (Phi) is 12.5. The maximum absolute atomic E-state index is 12.6. The molecule has 0 aliphatic heterocycles. The van der Waals surface area contributed by atoms with Crippen molar-refractivity contribution in [3.8, 4) is 0 Å². The summed E-state index contributed by atoms with van der Waals surface area (Å²) in [7, 11) is -0.736. The van der Waals surface area contributed by atoms with E-state index in [2.05, 4.69) is 5.16 Å². The zero-order valence-electron chi connectivity index (χ0n) is 16.5. The van der Waals surface area contributed by atoms with Crippen LogP contribution >= 0.6 is 11.6 Å². The van der Waals surface area contributed by atoms with Crippen molar-refractivity contribution in [2.24, 2.45) is 17.0 Å². The maximum atomic E-state index is 12.6. The minimum atomic E-state index is -0.752. The molecule has 1 aliphatic rings. The summed E-state index contributed by atoms with van der Waals surface area (Å²) in [5, 5.41) is 4.04. The molecule has 0 saturated heterocycles. The van der Waals surface area contributed by atoms with Crippen LogP contribution in [0.15, 0.2) is 16.8 Å². The Morgan fingerprint density at radius 3 is 2.48 bits per heavy atom. The Labute approximate surface area is 170 Å². The van der Waals surface area contributed by atoms with Crippen LogP contribution in [0.3, 0.4) is 0 Å². The highest BCUT2D eigenvalue weighted by Gasteiger charge is 2.38. The fourth-order valence-corrected chi connectivity index (χ4v) is 4.61. The van der Waals surface area contributed by atoms with E-state index in [1.807, 2.05) is 13.8 Å². The van der Waals surface area contributed by atoms with Crippen LogP contribution in [0.25, 0.3) is 0 Å². The molecule has 1 atom stereocenters. The van der Waals surface area contributed by atoms with Crippen LogP contribution in [0.2, 0.25) is 0 Å². The molecule has 5 nitrogen and oxygen atoms in total. The second-order valence-electron chi connectivity index (χ2n) is 6.97. The molecule has 154 valence electrons. The molecule has 0 aromatic rings. The van der Waals surface area contributed by atoms with E-state index in [0.29, 0.717) is 30.7 Å². The second-order valence-corrected chi connectivity index (χ2v) is 8.92. The van der Waals surface area contributed by atoms with E-state index >= 15 is 0 Å². The normalized spacial score (nSPS) is 22.4. The highest BCUT2D eigenvalue weighted by molar-refractivity contribution is 7.84. The number of ketones is 2. The van der Waals surface area contributed by atoms with Crippen molar-refractivity contribution in [3.63, 3.8) is 0 Å². The summed E-state index contributed by atoms with van der Waals surface area (Å²) in [4.78, 5) is 30.4. The molecule has 0 amide bonds. The van der Waals surface area contributed by atoms with Gasteiger partial charge in [-0.1, -0.05) is 43.4 Å². The van der Waals surface area contributed by atoms with Crippen LogP contribution in [0, 0.1) is 11.8 Å². The van der Waals surface area contributed by atoms with Gasteiger partial charge in [0, 0.05) is 40.7 Å². The quantitative estimate of drug-likeness (QED) is 0.192. The van der Waals surface area contributed by atoms with E-state index in [1.165, 1.54) is 5.54 Å². The summed E-state index contributed by atoms with van der Waals surface area (Å²) in [5.74, 6) is 0.725. The van der Waals surface area contributed by atoms with Crippen LogP contribution in [0.1, 0.15) is 65.2 Å². The molecular weight excluding hydrogens is 386 g/mol. The van der Waals surface area contributed by atoms with E-state index in [1.54, 1.807) is 6.08 Å². The smallest absolute Gasteiger partial charge is 0.149 e. The van der Waals surface area contributed by atoms with Crippen molar-refractivity contribution < 1.29 is 18.6 Å². The lowest BCUT2D eigenvalue weighted by Gasteiger charge is -2.27. The molecule has 1 aliphatic carbocycles. The first kappa shape index (κ1) is 24.0. The van der Waals surface area contributed by atoms with Gasteiger partial charge in [-0.05, 0) is 37.7 Å². The standard InChI is InChI=1S/C20H32ClNO4S/c1-3-8-17(22-26-11-7-10-21)20-18(23)14-16(15-19(20)24)9-5-6-13-27(25)12-4-2/h7,10,16,20H,3-6,8-9,11-15H2,1-2H3. The number of halogens is 1. The summed E-state index contributed by atoms with van der Waals surface area (Å²) >= 11 is 5.44. The molecule has 0 heterocycles. The third kappa shape index (κ3) is 9.15. The van der Waals surface area contributed by atoms with Gasteiger partial charge in [-0.3, -0.25) is 13.8 Å². The third-order valence-electron chi connectivity index (χ3n) is 4.57. The van der Waals surface area contributed by atoms with Gasteiger partial charge in [-0.25, -0.2) is 0 Å². The van der Waals surface area contributed by atoms with E-state index in [0.717, 1.165) is 37.9 Å². The van der Waals surface area contributed by atoms with E-state index in [4.69, 9.17) is 16.4 Å². The lowest BCUT2D eigenvalue weighted by atomic mass is 9.75. The fraction of sp³-hybridized carbons (Fsp3) is 0.750. The number of hydrogen-bond acceptors (Lipinski definition) is 5. The molecule has 27 heavy (non-hydrogen) atoms. The van der Waals surface area contributed by atoms with Crippen LogP contribution in [0.5, 0.6) is 0 Å². The third-order valence-corrected chi connectivity index (χ3v) is 6.36. The van der Waals surface area contributed by atoms with Gasteiger partial charge < -0.3 is 4.84 Å². The molecule has 1 fully saturated rings. The molecule has 0 radical (unpaired) electrons. The largest absolute Gasteiger partial charge is 0.392 e. The molecule has 0 spiro atoms. The molecule has 1 rings (SSSR count). The zero-order valence-corrected chi connectivity index (χ0v) is 18.0. The Morgan fingerprint density at radius 1 is 1.19 bits per heavy atom. The molecule has 0 N–H and O–H groups in total. The van der Waals surface area contributed by atoms with Gasteiger partial charge >= 0.3 is 0 Å². The van der Waals surface area contributed by atoms with E-state index < -0.39 is 16.7 Å². The summed E-state index contributed by atoms with van der Waals surface area (Å²) in [6.07, 6.45) is 7.37. The number of carbonyl (C=O) groups is 2. The Bertz CT molecular complexity index is 544. The van der Waals surface area contributed by atoms with Gasteiger partial charge in [0.15, 0.2) is 0 Å². The number of hydrogen-bond donors (Lipinski definition) is 0. The monoisotopic (exact) mass is 417 g/mol. The Morgan fingerprint density at radius 2 is 1.89 bits per heavy atom. The van der Waals surface area contributed by atoms with E-state index in [-0.39, 0.29) is 24.1 Å². The molecule has 0 bridgehead atoms. The molecule has 0 aromatic carbocycles. The van der Waals surface area contributed by atoms with Crippen LogP contribution < -0.4 is 0 Å². The maximum Gasteiger partial charge on any atom is 0.149 e. The first-order valence-corrected chi connectivity index (χ1v) is 11.8. The molecular formula is C20H32ClNO4S. The minimum Gasteiger partial charge on any atom is -0.392 e. The average Bonchev–Trinajstić information content (AvgIpc) is 2.62. The predicted octanol–water partition coefficient (Wildman–Crippen LogP) is 4.41. The zero-order chi connectivity index (χ0) is 20.1. The number of rotatable bonds is 13. The topological polar surface area (TPSA) is 72.8 Å². The summed E-state index contributed by atoms with van der Waals surface area (Å²) in [6.45, 7) is 4.23. The SMILES string of the molecule is CCCC(=NOCC=CCl)C1C(=O)CC(CCCCS(=O)CCC)CC1=O. The molecule has 1 saturated carbocycles. The van der Waals surface area contributed by atoms with Crippen LogP contribution in [-0.2, 0) is 25.2 Å². The number of Topliss-reactive ketones (excluding diaryl/α,β-unsaturated/α-hetero) is 2. The number of oxime groups is 1. The van der Waals surface area contributed by atoms with Crippen molar-refractivity contribution in [2.75, 3.05) is 18.1 Å². The minimum absolute atomic E-state index is 0.0468. The molecule has 0 aromatic heterocycles. The van der Waals surface area contributed by atoms with Gasteiger partial charge in [0.1, 0.15) is 24.1 Å². The molecule has 7 heteroatoms. The first-order valence-electron chi connectivity index (χ1n) is 9.87. The summed E-state index contributed by atoms with van der Waals surface area (Å²) in [6, 6.07) is 0. The predicted molar refractivity (Wildman–Crippen MR) is 112 cm³/mol. The van der Waals surface area contributed by atoms with Crippen molar-refractivity contribution in [1.29, 1.82) is 0 Å². The lowest BCUT2D eigenvalue weighted by molar-refractivity contribution is -0.134. The van der Waals surface area contributed by atoms with Gasteiger partial charge in [-0.15, -0.1) is 0 Å². The fourth-order valence-electron chi connectivity index (χ4n) is 3.36. The Balaban J connectivity index is 2.54.